The maximum Gasteiger partial charge on any atom is 0.417 e. The van der Waals surface area contributed by atoms with Gasteiger partial charge in [0.05, 0.1) is 5.54 Å². The van der Waals surface area contributed by atoms with E-state index in [-0.39, 0.29) is 0 Å². The molecule has 2 amide bonds. The van der Waals surface area contributed by atoms with Crippen LogP contribution in [0.3, 0.4) is 0 Å². The molecule has 0 aromatic carbocycles. The lowest BCUT2D eigenvalue weighted by molar-refractivity contribution is 0.0586. The van der Waals surface area contributed by atoms with Crippen molar-refractivity contribution in [3.05, 3.63) is 12.2 Å². The van der Waals surface area contributed by atoms with Crippen LogP contribution in [-0.2, 0) is 0 Å². The zero-order valence-electron chi connectivity index (χ0n) is 18.4. The van der Waals surface area contributed by atoms with E-state index in [4.69, 9.17) is 0 Å². The van der Waals surface area contributed by atoms with E-state index in [2.05, 4.69) is 19.1 Å². The number of hydrogen-bond acceptors (Lipinski definition) is 2. The van der Waals surface area contributed by atoms with Crippen LogP contribution in [0.1, 0.15) is 117 Å². The van der Waals surface area contributed by atoms with Crippen LogP contribution in [0.5, 0.6) is 0 Å². The van der Waals surface area contributed by atoms with Gasteiger partial charge in [-0.05, 0) is 44.9 Å². The Labute approximate surface area is 172 Å². The molecule has 28 heavy (non-hydrogen) atoms. The smallest absolute Gasteiger partial charge is 0.417 e. The van der Waals surface area contributed by atoms with Gasteiger partial charge >= 0.3 is 12.2 Å². The number of imide groups is 1. The summed E-state index contributed by atoms with van der Waals surface area (Å²) in [6.07, 6.45) is 17.9. The van der Waals surface area contributed by atoms with Crippen molar-refractivity contribution in [2.75, 3.05) is 0 Å². The summed E-state index contributed by atoms with van der Waals surface area (Å²) < 4.78 is 0. The number of carboxylic acid groups (broad SMARTS) is 2. The van der Waals surface area contributed by atoms with Crippen molar-refractivity contribution in [1.29, 1.82) is 0 Å². The van der Waals surface area contributed by atoms with Gasteiger partial charge < -0.3 is 10.2 Å². The highest BCUT2D eigenvalue weighted by Gasteiger charge is 2.40. The van der Waals surface area contributed by atoms with Gasteiger partial charge in [0.1, 0.15) is 0 Å². The molecule has 0 saturated heterocycles. The second kappa shape index (κ2) is 16.4. The number of rotatable bonds is 17. The van der Waals surface area contributed by atoms with Crippen molar-refractivity contribution in [2.45, 2.75) is 123 Å². The number of nitrogens with zero attached hydrogens (tertiary/aromatic N) is 1. The van der Waals surface area contributed by atoms with Gasteiger partial charge in [0.15, 0.2) is 0 Å². The topological polar surface area (TPSA) is 77.8 Å². The fourth-order valence-corrected chi connectivity index (χ4v) is 3.87. The molecule has 0 aliphatic carbocycles. The van der Waals surface area contributed by atoms with Crippen molar-refractivity contribution in [3.63, 3.8) is 0 Å². The molecule has 0 radical (unpaired) electrons. The minimum absolute atomic E-state index is 0.517. The molecule has 0 aliphatic rings. The fourth-order valence-electron chi connectivity index (χ4n) is 3.87. The van der Waals surface area contributed by atoms with Gasteiger partial charge in [0.25, 0.3) is 0 Å². The number of carbonyl (C=O) groups is 2. The van der Waals surface area contributed by atoms with Crippen molar-refractivity contribution in [3.8, 4) is 0 Å². The van der Waals surface area contributed by atoms with E-state index >= 15 is 0 Å². The SMILES string of the molecule is CCCCCCCCC=CCCCCCCC(CC)(CC)N(C(=O)O)C(=O)O. The van der Waals surface area contributed by atoms with E-state index in [1.807, 2.05) is 13.8 Å². The largest absolute Gasteiger partial charge is 0.465 e. The van der Waals surface area contributed by atoms with Crippen LogP contribution < -0.4 is 0 Å². The molecule has 0 aromatic heterocycles. The zero-order valence-corrected chi connectivity index (χ0v) is 18.4. The Balaban J connectivity index is 3.96. The molecule has 5 nitrogen and oxygen atoms in total. The van der Waals surface area contributed by atoms with E-state index < -0.39 is 17.7 Å². The first kappa shape index (κ1) is 26.5. The Morgan fingerprint density at radius 3 is 1.57 bits per heavy atom. The zero-order chi connectivity index (χ0) is 21.3. The van der Waals surface area contributed by atoms with Crippen LogP contribution in [0, 0.1) is 0 Å². The molecule has 0 spiro atoms. The fraction of sp³-hybridized carbons (Fsp3) is 0.826. The number of amides is 2. The van der Waals surface area contributed by atoms with Crippen molar-refractivity contribution >= 4 is 12.2 Å². The monoisotopic (exact) mass is 397 g/mol. The van der Waals surface area contributed by atoms with Gasteiger partial charge in [-0.3, -0.25) is 0 Å². The highest BCUT2D eigenvalue weighted by molar-refractivity contribution is 5.86. The summed E-state index contributed by atoms with van der Waals surface area (Å²) in [6.45, 7) is 5.99. The molecule has 0 atom stereocenters. The lowest BCUT2D eigenvalue weighted by Crippen LogP contribution is -2.53. The van der Waals surface area contributed by atoms with Gasteiger partial charge in [-0.25, -0.2) is 14.5 Å². The Morgan fingerprint density at radius 2 is 1.14 bits per heavy atom. The predicted octanol–water partition coefficient (Wildman–Crippen LogP) is 7.85. The molecule has 0 unspecified atom stereocenters. The quantitative estimate of drug-likeness (QED) is 0.193. The molecule has 0 aliphatic heterocycles. The number of hydrogen-bond donors (Lipinski definition) is 2. The first-order valence-electron chi connectivity index (χ1n) is 11.4. The van der Waals surface area contributed by atoms with Crippen LogP contribution in [-0.4, -0.2) is 32.8 Å². The Morgan fingerprint density at radius 1 is 0.714 bits per heavy atom. The maximum absolute atomic E-state index is 11.4. The molecule has 5 heteroatoms. The molecule has 2 N–H and O–H groups in total. The normalized spacial score (nSPS) is 11.8. The number of allylic oxidation sites excluding steroid dienone is 2. The van der Waals surface area contributed by atoms with E-state index in [1.165, 1.54) is 44.9 Å². The van der Waals surface area contributed by atoms with Crippen LogP contribution in [0.25, 0.3) is 0 Å². The first-order chi connectivity index (χ1) is 13.4. The molecule has 0 heterocycles. The second-order valence-corrected chi connectivity index (χ2v) is 7.81. The Bertz CT molecular complexity index is 430. The summed E-state index contributed by atoms with van der Waals surface area (Å²) in [5, 5.41) is 18.6. The summed E-state index contributed by atoms with van der Waals surface area (Å²) in [4.78, 5) is 23.4. The van der Waals surface area contributed by atoms with Crippen LogP contribution in [0.15, 0.2) is 12.2 Å². The molecule has 0 rings (SSSR count). The molecular formula is C23H43NO4. The average Bonchev–Trinajstić information content (AvgIpc) is 2.66. The lowest BCUT2D eigenvalue weighted by Gasteiger charge is -2.38. The van der Waals surface area contributed by atoms with Gasteiger partial charge in [0.2, 0.25) is 0 Å². The average molecular weight is 398 g/mol. The molecule has 0 saturated carbocycles. The summed E-state index contributed by atoms with van der Waals surface area (Å²) in [5.41, 5.74) is -0.797. The third-order valence-corrected chi connectivity index (χ3v) is 5.83. The molecule has 0 fully saturated rings. The lowest BCUT2D eigenvalue weighted by atomic mass is 9.85. The highest BCUT2D eigenvalue weighted by Crippen LogP contribution is 2.31. The molecule has 0 bridgehead atoms. The van der Waals surface area contributed by atoms with Crippen molar-refractivity contribution in [1.82, 2.24) is 4.90 Å². The number of unbranched alkanes of at least 4 members (excludes halogenated alkanes) is 10. The van der Waals surface area contributed by atoms with Crippen LogP contribution in [0.2, 0.25) is 0 Å². The maximum atomic E-state index is 11.4. The van der Waals surface area contributed by atoms with E-state index in [0.717, 1.165) is 32.1 Å². The third kappa shape index (κ3) is 10.7. The van der Waals surface area contributed by atoms with E-state index in [9.17, 15) is 19.8 Å². The van der Waals surface area contributed by atoms with Crippen molar-refractivity contribution in [2.24, 2.45) is 0 Å². The predicted molar refractivity (Wildman–Crippen MR) is 116 cm³/mol. The van der Waals surface area contributed by atoms with E-state index in [1.54, 1.807) is 0 Å². The standard InChI is InChI=1S/C23H43NO4/c1-4-7-8-9-10-11-12-13-14-15-16-17-18-19-20-23(5-2,6-3)24(21(25)26)22(27)28/h13-14H,4-12,15-20H2,1-3H3,(H,25,26)(H,27,28). The second-order valence-electron chi connectivity index (χ2n) is 7.81. The Hall–Kier alpha value is -1.52. The molecule has 164 valence electrons. The van der Waals surface area contributed by atoms with Crippen LogP contribution >= 0.6 is 0 Å². The summed E-state index contributed by atoms with van der Waals surface area (Å²) >= 11 is 0. The first-order valence-corrected chi connectivity index (χ1v) is 11.4. The van der Waals surface area contributed by atoms with Gasteiger partial charge in [-0.1, -0.05) is 84.3 Å². The van der Waals surface area contributed by atoms with Gasteiger partial charge in [0, 0.05) is 0 Å². The van der Waals surface area contributed by atoms with Gasteiger partial charge in [-0.2, -0.15) is 0 Å². The summed E-state index contributed by atoms with van der Waals surface area (Å²) in [6, 6.07) is 0. The minimum atomic E-state index is -1.37. The third-order valence-electron chi connectivity index (χ3n) is 5.83. The highest BCUT2D eigenvalue weighted by atomic mass is 16.4. The summed E-state index contributed by atoms with van der Waals surface area (Å²) in [7, 11) is 0. The summed E-state index contributed by atoms with van der Waals surface area (Å²) in [5.74, 6) is 0. The molecular weight excluding hydrogens is 354 g/mol. The molecule has 0 aromatic rings. The van der Waals surface area contributed by atoms with Crippen molar-refractivity contribution < 1.29 is 19.8 Å². The Kier molecular flexibility index (Phi) is 15.5. The van der Waals surface area contributed by atoms with Crippen LogP contribution in [0.4, 0.5) is 9.59 Å². The van der Waals surface area contributed by atoms with Gasteiger partial charge in [-0.15, -0.1) is 0 Å². The minimum Gasteiger partial charge on any atom is -0.465 e. The van der Waals surface area contributed by atoms with E-state index in [0.29, 0.717) is 24.2 Å².